The van der Waals surface area contributed by atoms with Crippen molar-refractivity contribution in [1.29, 1.82) is 0 Å². The molecule has 31 heavy (non-hydrogen) atoms. The van der Waals surface area contributed by atoms with Crippen LogP contribution in [0.2, 0.25) is 0 Å². The lowest BCUT2D eigenvalue weighted by Crippen LogP contribution is -2.22. The second-order valence-electron chi connectivity index (χ2n) is 6.49. The molecule has 154 valence electrons. The molecule has 0 aliphatic heterocycles. The zero-order valence-electron chi connectivity index (χ0n) is 15.7. The van der Waals surface area contributed by atoms with Crippen molar-refractivity contribution in [3.63, 3.8) is 0 Å². The Bertz CT molecular complexity index is 1600. The number of halogens is 1. The molecule has 0 bridgehead atoms. The number of imidazole rings is 1. The fourth-order valence-corrected chi connectivity index (χ4v) is 4.49. The number of nitro benzene ring substituents is 1. The van der Waals surface area contributed by atoms with Crippen LogP contribution in [0.25, 0.3) is 33.5 Å². The van der Waals surface area contributed by atoms with Crippen LogP contribution in [0.4, 0.5) is 5.69 Å². The molecule has 1 aromatic carbocycles. The number of non-ortho nitro benzene ring substituents is 1. The average molecular weight is 499 g/mol. The molecule has 5 aromatic rings. The molecule has 9 nitrogen and oxygen atoms in total. The minimum atomic E-state index is -0.492. The Morgan fingerprint density at radius 3 is 2.90 bits per heavy atom. The third-order valence-electron chi connectivity index (χ3n) is 4.61. The van der Waals surface area contributed by atoms with E-state index in [2.05, 4.69) is 25.9 Å². The van der Waals surface area contributed by atoms with Gasteiger partial charge < -0.3 is 9.15 Å². The summed E-state index contributed by atoms with van der Waals surface area (Å²) in [5, 5.41) is 11.0. The van der Waals surface area contributed by atoms with Gasteiger partial charge in [0, 0.05) is 22.8 Å². The number of nitrogens with zero attached hydrogens (tertiary/aromatic N) is 4. The van der Waals surface area contributed by atoms with Crippen LogP contribution in [0.3, 0.4) is 0 Å². The van der Waals surface area contributed by atoms with Gasteiger partial charge in [0.1, 0.15) is 27.3 Å². The van der Waals surface area contributed by atoms with Gasteiger partial charge in [-0.05, 0) is 40.2 Å². The van der Waals surface area contributed by atoms with Crippen LogP contribution in [0.1, 0.15) is 5.76 Å². The molecule has 0 radical (unpaired) electrons. The Hall–Kier alpha value is -3.57. The maximum Gasteiger partial charge on any atom is 0.276 e. The standard InChI is InChI=1S/C20H11BrN4O5S/c1-29-16-7-11(25(27)28)2-4-13(16)15-5-3-12(30-15)8-17-19(26)24-18-14(23-20(24)31-17)6-10(21)9-22-18/h2-9H,1H3. The molecule has 0 saturated heterocycles. The van der Waals surface area contributed by atoms with Crippen molar-refractivity contribution in [3.05, 3.63) is 77.8 Å². The van der Waals surface area contributed by atoms with Crippen LogP contribution in [-0.4, -0.2) is 26.4 Å². The molecular weight excluding hydrogens is 488 g/mol. The molecule has 4 aromatic heterocycles. The van der Waals surface area contributed by atoms with Gasteiger partial charge in [-0.25, -0.2) is 14.4 Å². The normalized spacial score (nSPS) is 12.1. The Kier molecular flexibility index (Phi) is 4.56. The van der Waals surface area contributed by atoms with Crippen molar-refractivity contribution in [2.24, 2.45) is 0 Å². The summed E-state index contributed by atoms with van der Waals surface area (Å²) in [7, 11) is 1.43. The van der Waals surface area contributed by atoms with Gasteiger partial charge >= 0.3 is 0 Å². The lowest BCUT2D eigenvalue weighted by atomic mass is 10.1. The van der Waals surface area contributed by atoms with Gasteiger partial charge in [0.25, 0.3) is 11.2 Å². The van der Waals surface area contributed by atoms with Crippen LogP contribution in [0.15, 0.2) is 56.3 Å². The summed E-state index contributed by atoms with van der Waals surface area (Å²) >= 11 is 4.59. The van der Waals surface area contributed by atoms with Crippen LogP contribution in [0.5, 0.6) is 5.75 Å². The molecule has 0 spiro atoms. The smallest absolute Gasteiger partial charge is 0.276 e. The molecule has 0 N–H and O–H groups in total. The number of hydrogen-bond donors (Lipinski definition) is 0. The van der Waals surface area contributed by atoms with E-state index in [0.717, 1.165) is 4.47 Å². The van der Waals surface area contributed by atoms with Crippen molar-refractivity contribution in [3.8, 4) is 17.1 Å². The van der Waals surface area contributed by atoms with Gasteiger partial charge in [0.2, 0.25) is 0 Å². The van der Waals surface area contributed by atoms with Gasteiger partial charge in [-0.15, -0.1) is 0 Å². The first-order valence-corrected chi connectivity index (χ1v) is 10.5. The van der Waals surface area contributed by atoms with Crippen LogP contribution >= 0.6 is 27.3 Å². The number of ether oxygens (including phenoxy) is 1. The maximum absolute atomic E-state index is 12.9. The number of methoxy groups -OCH3 is 1. The molecular formula is C20H11BrN4O5S. The molecule has 0 aliphatic carbocycles. The molecule has 0 atom stereocenters. The summed E-state index contributed by atoms with van der Waals surface area (Å²) in [4.78, 5) is 32.7. The van der Waals surface area contributed by atoms with Gasteiger partial charge in [-0.1, -0.05) is 11.3 Å². The Labute approximate surface area is 185 Å². The number of thiazole rings is 1. The lowest BCUT2D eigenvalue weighted by molar-refractivity contribution is -0.384. The summed E-state index contributed by atoms with van der Waals surface area (Å²) in [5.74, 6) is 1.23. The summed E-state index contributed by atoms with van der Waals surface area (Å²) < 4.78 is 13.8. The largest absolute Gasteiger partial charge is 0.496 e. The zero-order valence-corrected chi connectivity index (χ0v) is 18.1. The fourth-order valence-electron chi connectivity index (χ4n) is 3.22. The van der Waals surface area contributed by atoms with E-state index < -0.39 is 4.92 Å². The number of furan rings is 1. The van der Waals surface area contributed by atoms with E-state index in [1.165, 1.54) is 35.0 Å². The van der Waals surface area contributed by atoms with E-state index in [0.29, 0.717) is 43.5 Å². The molecule has 0 unspecified atom stereocenters. The van der Waals surface area contributed by atoms with Crippen LogP contribution < -0.4 is 14.8 Å². The van der Waals surface area contributed by atoms with Crippen molar-refractivity contribution in [2.45, 2.75) is 0 Å². The molecule has 0 fully saturated rings. The average Bonchev–Trinajstić information content (AvgIpc) is 3.43. The van der Waals surface area contributed by atoms with E-state index in [4.69, 9.17) is 9.15 Å². The number of hydrogen-bond acceptors (Lipinski definition) is 8. The topological polar surface area (TPSA) is 113 Å². The van der Waals surface area contributed by atoms with Crippen molar-refractivity contribution in [1.82, 2.24) is 14.4 Å². The van der Waals surface area contributed by atoms with Gasteiger partial charge in [-0.3, -0.25) is 14.9 Å². The first-order chi connectivity index (χ1) is 14.9. The fraction of sp³-hybridized carbons (Fsp3) is 0.0500. The second-order valence-corrected chi connectivity index (χ2v) is 8.41. The summed E-state index contributed by atoms with van der Waals surface area (Å²) in [6.07, 6.45) is 3.25. The summed E-state index contributed by atoms with van der Waals surface area (Å²) in [6, 6.07) is 9.51. The highest BCUT2D eigenvalue weighted by molar-refractivity contribution is 9.10. The molecule has 0 aliphatic rings. The summed E-state index contributed by atoms with van der Waals surface area (Å²) in [5.41, 5.74) is 1.38. The third kappa shape index (κ3) is 3.27. The second kappa shape index (κ2) is 7.29. The highest BCUT2D eigenvalue weighted by Crippen LogP contribution is 2.34. The monoisotopic (exact) mass is 498 g/mol. The predicted octanol–water partition coefficient (Wildman–Crippen LogP) is 3.79. The molecule has 11 heteroatoms. The SMILES string of the molecule is COc1cc([N+](=O)[O-])ccc1-c1ccc(C=c2sc3nc4cc(Br)cnc4n3c2=O)o1. The predicted molar refractivity (Wildman–Crippen MR) is 118 cm³/mol. The van der Waals surface area contributed by atoms with Crippen molar-refractivity contribution in [2.75, 3.05) is 7.11 Å². The molecule has 5 rings (SSSR count). The minimum absolute atomic E-state index is 0.0789. The molecule has 0 amide bonds. The number of benzene rings is 1. The third-order valence-corrected chi connectivity index (χ3v) is 6.01. The van der Waals surface area contributed by atoms with Crippen molar-refractivity contribution >= 4 is 55.2 Å². The van der Waals surface area contributed by atoms with Crippen LogP contribution in [-0.2, 0) is 0 Å². The van der Waals surface area contributed by atoms with Gasteiger partial charge in [-0.2, -0.15) is 0 Å². The highest BCUT2D eigenvalue weighted by atomic mass is 79.9. The number of pyridine rings is 1. The van der Waals surface area contributed by atoms with Crippen LogP contribution in [0, 0.1) is 10.1 Å². The molecule has 0 saturated carbocycles. The zero-order chi connectivity index (χ0) is 21.7. The van der Waals surface area contributed by atoms with E-state index in [1.54, 1.807) is 36.5 Å². The van der Waals surface area contributed by atoms with Crippen molar-refractivity contribution < 1.29 is 14.1 Å². The first kappa shape index (κ1) is 19.4. The lowest BCUT2D eigenvalue weighted by Gasteiger charge is -2.05. The number of aromatic nitrogens is 3. The van der Waals surface area contributed by atoms with Gasteiger partial charge in [0.15, 0.2) is 10.6 Å². The highest BCUT2D eigenvalue weighted by Gasteiger charge is 2.16. The first-order valence-electron chi connectivity index (χ1n) is 8.85. The summed E-state index contributed by atoms with van der Waals surface area (Å²) in [6.45, 7) is 0. The Morgan fingerprint density at radius 1 is 1.29 bits per heavy atom. The van der Waals surface area contributed by atoms with E-state index in [-0.39, 0.29) is 11.2 Å². The number of rotatable bonds is 4. The number of nitro groups is 1. The maximum atomic E-state index is 12.9. The number of fused-ring (bicyclic) bond motifs is 3. The Morgan fingerprint density at radius 2 is 2.13 bits per heavy atom. The minimum Gasteiger partial charge on any atom is -0.496 e. The quantitative estimate of drug-likeness (QED) is 0.273. The Balaban J connectivity index is 1.58. The van der Waals surface area contributed by atoms with E-state index >= 15 is 0 Å². The van der Waals surface area contributed by atoms with E-state index in [1.807, 2.05) is 0 Å². The van der Waals surface area contributed by atoms with Gasteiger partial charge in [0.05, 0.1) is 23.7 Å². The van der Waals surface area contributed by atoms with E-state index in [9.17, 15) is 14.9 Å². The molecule has 4 heterocycles.